The van der Waals surface area contributed by atoms with Gasteiger partial charge in [0.1, 0.15) is 6.10 Å². The first kappa shape index (κ1) is 7.29. The Morgan fingerprint density at radius 1 is 1.50 bits per heavy atom. The van der Waals surface area contributed by atoms with E-state index in [1.807, 2.05) is 6.92 Å². The highest BCUT2D eigenvalue weighted by Crippen LogP contribution is 2.58. The average molecular weight is 190 g/mol. The summed E-state index contributed by atoms with van der Waals surface area (Å²) in [5, 5.41) is 0. The van der Waals surface area contributed by atoms with Crippen LogP contribution in [0.25, 0.3) is 0 Å². The van der Waals surface area contributed by atoms with E-state index in [4.69, 9.17) is 8.92 Å². The van der Waals surface area contributed by atoms with Crippen LogP contribution in [0.4, 0.5) is 0 Å². The van der Waals surface area contributed by atoms with Gasteiger partial charge < -0.3 is 4.74 Å². The molecule has 0 aliphatic carbocycles. The third kappa shape index (κ3) is 0.514. The number of rotatable bonds is 0. The van der Waals surface area contributed by atoms with Crippen LogP contribution >= 0.6 is 0 Å². The highest BCUT2D eigenvalue weighted by molar-refractivity contribution is 7.89. The fourth-order valence-corrected chi connectivity index (χ4v) is 4.33. The second-order valence-electron chi connectivity index (χ2n) is 3.84. The monoisotopic (exact) mass is 190 g/mol. The zero-order chi connectivity index (χ0) is 8.56. The first-order valence-corrected chi connectivity index (χ1v) is 5.58. The molecule has 68 valence electrons. The molecule has 0 aromatic heterocycles. The smallest absolute Gasteiger partial charge is 0.300 e. The van der Waals surface area contributed by atoms with Gasteiger partial charge in [-0.3, -0.25) is 4.18 Å². The minimum atomic E-state index is -3.38. The van der Waals surface area contributed by atoms with Crippen molar-refractivity contribution in [3.63, 3.8) is 0 Å². The van der Waals surface area contributed by atoms with E-state index in [-0.39, 0.29) is 18.1 Å². The van der Waals surface area contributed by atoms with Crippen LogP contribution in [0.15, 0.2) is 0 Å². The second kappa shape index (κ2) is 1.71. The van der Waals surface area contributed by atoms with Crippen LogP contribution in [0.3, 0.4) is 0 Å². The lowest BCUT2D eigenvalue weighted by Gasteiger charge is -2.42. The third-order valence-electron chi connectivity index (χ3n) is 3.28. The molecule has 0 amide bonds. The number of fused-ring (bicyclic) bond motifs is 1. The predicted octanol–water partition coefficient (Wildman–Crippen LogP) is 0.240. The molecule has 3 heterocycles. The van der Waals surface area contributed by atoms with Crippen LogP contribution in [0.2, 0.25) is 0 Å². The SMILES string of the molecule is CC1C2CCC3(O2)C1OS3(=O)=O. The molecule has 0 aromatic carbocycles. The molecule has 4 nitrogen and oxygen atoms in total. The molecule has 2 bridgehead atoms. The van der Waals surface area contributed by atoms with Crippen molar-refractivity contribution in [3.05, 3.63) is 0 Å². The van der Waals surface area contributed by atoms with Crippen molar-refractivity contribution in [2.75, 3.05) is 0 Å². The summed E-state index contributed by atoms with van der Waals surface area (Å²) < 4.78 is 32.9. The molecular weight excluding hydrogens is 180 g/mol. The van der Waals surface area contributed by atoms with Crippen molar-refractivity contribution in [1.29, 1.82) is 0 Å². The van der Waals surface area contributed by atoms with E-state index in [2.05, 4.69) is 0 Å². The lowest BCUT2D eigenvalue weighted by molar-refractivity contribution is -0.0284. The van der Waals surface area contributed by atoms with Gasteiger partial charge in [-0.1, -0.05) is 6.92 Å². The van der Waals surface area contributed by atoms with E-state index < -0.39 is 15.1 Å². The van der Waals surface area contributed by atoms with E-state index in [1.165, 1.54) is 0 Å². The maximum Gasteiger partial charge on any atom is 0.300 e. The van der Waals surface area contributed by atoms with E-state index in [0.717, 1.165) is 6.42 Å². The maximum absolute atomic E-state index is 11.3. The molecule has 3 aliphatic rings. The Labute approximate surface area is 71.0 Å². The lowest BCUT2D eigenvalue weighted by Crippen LogP contribution is -2.61. The first-order chi connectivity index (χ1) is 5.57. The minimum absolute atomic E-state index is 0.104. The summed E-state index contributed by atoms with van der Waals surface area (Å²) in [5.41, 5.74) is 0. The Kier molecular flexibility index (Phi) is 1.04. The normalized spacial score (nSPS) is 59.6. The predicted molar refractivity (Wildman–Crippen MR) is 39.8 cm³/mol. The summed E-state index contributed by atoms with van der Waals surface area (Å²) in [5.74, 6) is 0.238. The molecule has 3 saturated heterocycles. The molecule has 0 radical (unpaired) electrons. The van der Waals surface area contributed by atoms with E-state index >= 15 is 0 Å². The summed E-state index contributed by atoms with van der Waals surface area (Å²) in [6.07, 6.45) is 1.39. The zero-order valence-electron chi connectivity index (χ0n) is 6.69. The Bertz CT molecular complexity index is 335. The number of hydrogen-bond donors (Lipinski definition) is 0. The molecule has 3 rings (SSSR count). The lowest BCUT2D eigenvalue weighted by atomic mass is 9.87. The molecule has 1 spiro atoms. The van der Waals surface area contributed by atoms with Crippen molar-refractivity contribution in [3.8, 4) is 0 Å². The largest absolute Gasteiger partial charge is 0.351 e. The van der Waals surface area contributed by atoms with Crippen molar-refractivity contribution < 1.29 is 17.3 Å². The van der Waals surface area contributed by atoms with Crippen LogP contribution in [-0.4, -0.2) is 25.6 Å². The maximum atomic E-state index is 11.3. The highest BCUT2D eigenvalue weighted by Gasteiger charge is 2.74. The first-order valence-electron chi connectivity index (χ1n) is 4.17. The molecule has 0 N–H and O–H groups in total. The number of ether oxygens (including phenoxy) is 1. The van der Waals surface area contributed by atoms with E-state index in [1.54, 1.807) is 0 Å². The van der Waals surface area contributed by atoms with Crippen LogP contribution < -0.4 is 0 Å². The Morgan fingerprint density at radius 3 is 2.75 bits per heavy atom. The molecule has 0 aromatic rings. The van der Waals surface area contributed by atoms with Gasteiger partial charge in [0, 0.05) is 5.92 Å². The Hall–Kier alpha value is -0.130. The van der Waals surface area contributed by atoms with Crippen molar-refractivity contribution in [2.24, 2.45) is 5.92 Å². The quantitative estimate of drug-likeness (QED) is 0.513. The van der Waals surface area contributed by atoms with Gasteiger partial charge in [-0.05, 0) is 12.8 Å². The Balaban J connectivity index is 2.12. The minimum Gasteiger partial charge on any atom is -0.351 e. The van der Waals surface area contributed by atoms with Gasteiger partial charge in [-0.15, -0.1) is 0 Å². The van der Waals surface area contributed by atoms with Crippen LogP contribution in [0, 0.1) is 5.92 Å². The van der Waals surface area contributed by atoms with Gasteiger partial charge in [0.2, 0.25) is 4.93 Å². The number of hydrogen-bond acceptors (Lipinski definition) is 4. The van der Waals surface area contributed by atoms with Gasteiger partial charge in [0.15, 0.2) is 0 Å². The topological polar surface area (TPSA) is 52.6 Å². The standard InChI is InChI=1S/C7H10O4S/c1-4-5-2-3-7(10-5)6(4)11-12(7,8)9/h4-6H,2-3H2,1H3. The molecule has 3 aliphatic heterocycles. The van der Waals surface area contributed by atoms with Crippen molar-refractivity contribution in [2.45, 2.75) is 36.9 Å². The second-order valence-corrected chi connectivity index (χ2v) is 5.63. The fraction of sp³-hybridized carbons (Fsp3) is 1.00. The summed E-state index contributed by atoms with van der Waals surface area (Å²) in [6.45, 7) is 1.99. The van der Waals surface area contributed by atoms with Gasteiger partial charge >= 0.3 is 10.1 Å². The molecular formula is C7H10O4S. The molecule has 5 heteroatoms. The van der Waals surface area contributed by atoms with Gasteiger partial charge in [-0.25, -0.2) is 0 Å². The van der Waals surface area contributed by atoms with Crippen LogP contribution in [0.5, 0.6) is 0 Å². The summed E-state index contributed by atoms with van der Waals surface area (Å²) in [7, 11) is -3.38. The summed E-state index contributed by atoms with van der Waals surface area (Å²) in [4.78, 5) is -0.933. The summed E-state index contributed by atoms with van der Waals surface area (Å²) in [6, 6.07) is 0. The molecule has 3 fully saturated rings. The zero-order valence-corrected chi connectivity index (χ0v) is 7.50. The molecule has 0 saturated carbocycles. The highest BCUT2D eigenvalue weighted by atomic mass is 32.2. The van der Waals surface area contributed by atoms with Crippen molar-refractivity contribution >= 4 is 10.1 Å². The van der Waals surface area contributed by atoms with Gasteiger partial charge in [-0.2, -0.15) is 8.42 Å². The van der Waals surface area contributed by atoms with Crippen LogP contribution in [-0.2, 0) is 19.0 Å². The molecule has 4 atom stereocenters. The van der Waals surface area contributed by atoms with E-state index in [9.17, 15) is 8.42 Å². The van der Waals surface area contributed by atoms with Gasteiger partial charge in [0.05, 0.1) is 6.10 Å². The average Bonchev–Trinajstić information content (AvgIpc) is 2.51. The van der Waals surface area contributed by atoms with Crippen LogP contribution in [0.1, 0.15) is 19.8 Å². The summed E-state index contributed by atoms with van der Waals surface area (Å²) >= 11 is 0. The molecule has 12 heavy (non-hydrogen) atoms. The van der Waals surface area contributed by atoms with Crippen molar-refractivity contribution in [1.82, 2.24) is 0 Å². The fourth-order valence-electron chi connectivity index (χ4n) is 2.55. The third-order valence-corrected chi connectivity index (χ3v) is 5.12. The van der Waals surface area contributed by atoms with E-state index in [0.29, 0.717) is 6.42 Å². The Morgan fingerprint density at radius 2 is 2.25 bits per heavy atom. The van der Waals surface area contributed by atoms with Gasteiger partial charge in [0.25, 0.3) is 0 Å². The molecule has 4 unspecified atom stereocenters.